The van der Waals surface area contributed by atoms with Gasteiger partial charge >= 0.3 is 0 Å². The van der Waals surface area contributed by atoms with Gasteiger partial charge in [0.25, 0.3) is 0 Å². The van der Waals surface area contributed by atoms with Crippen molar-refractivity contribution in [3.63, 3.8) is 0 Å². The number of hydrogen-bond donors (Lipinski definition) is 9. The summed E-state index contributed by atoms with van der Waals surface area (Å²) in [6, 6.07) is -0.915. The van der Waals surface area contributed by atoms with E-state index in [1.807, 2.05) is 6.08 Å². The molecule has 0 aromatic heterocycles. The number of rotatable bonds is 58. The first-order valence-electron chi connectivity index (χ1n) is 35.2. The van der Waals surface area contributed by atoms with Crippen LogP contribution in [0.25, 0.3) is 0 Å². The summed E-state index contributed by atoms with van der Waals surface area (Å²) >= 11 is 0. The molecule has 0 radical (unpaired) electrons. The smallest absolute Gasteiger partial charge is 0.220 e. The molecular formula is C70H131NO13. The van der Waals surface area contributed by atoms with E-state index in [0.29, 0.717) is 6.42 Å². The van der Waals surface area contributed by atoms with Crippen LogP contribution in [-0.4, -0.2) is 140 Å². The molecule has 0 aliphatic carbocycles. The zero-order valence-corrected chi connectivity index (χ0v) is 53.7. The third kappa shape index (κ3) is 39.3. The predicted molar refractivity (Wildman–Crippen MR) is 341 cm³/mol. The molecule has 0 spiro atoms. The lowest BCUT2D eigenvalue weighted by Crippen LogP contribution is -2.65. The molecule has 2 heterocycles. The molecule has 2 rings (SSSR count). The number of amides is 1. The number of aliphatic hydroxyl groups excluding tert-OH is 8. The van der Waals surface area contributed by atoms with Crippen LogP contribution in [0, 0.1) is 0 Å². The zero-order valence-electron chi connectivity index (χ0n) is 53.7. The first-order valence-corrected chi connectivity index (χ1v) is 35.2. The molecule has 12 atom stereocenters. The van der Waals surface area contributed by atoms with Gasteiger partial charge in [-0.1, -0.05) is 288 Å². The number of nitrogens with one attached hydrogen (secondary N) is 1. The lowest BCUT2D eigenvalue weighted by atomic mass is 9.97. The van der Waals surface area contributed by atoms with Crippen molar-refractivity contribution in [2.75, 3.05) is 19.8 Å². The normalized spacial score (nSPS) is 23.8. The van der Waals surface area contributed by atoms with E-state index in [9.17, 15) is 45.6 Å². The second kappa shape index (κ2) is 55.3. The molecule has 1 amide bonds. The molecule has 2 aliphatic heterocycles. The Kier molecular flexibility index (Phi) is 51.5. The molecule has 12 unspecified atom stereocenters. The Hall–Kier alpha value is -1.79. The van der Waals surface area contributed by atoms with E-state index in [1.54, 1.807) is 6.08 Å². The van der Waals surface area contributed by atoms with E-state index >= 15 is 0 Å². The molecule has 14 heteroatoms. The predicted octanol–water partition coefficient (Wildman–Crippen LogP) is 14.1. The molecule has 2 aliphatic rings. The summed E-state index contributed by atoms with van der Waals surface area (Å²) in [4.78, 5) is 13.3. The van der Waals surface area contributed by atoms with Crippen LogP contribution in [0.3, 0.4) is 0 Å². The van der Waals surface area contributed by atoms with E-state index < -0.39 is 86.8 Å². The molecule has 0 aromatic carbocycles. The highest BCUT2D eigenvalue weighted by Crippen LogP contribution is 2.30. The minimum atomic E-state index is -1.79. The zero-order chi connectivity index (χ0) is 60.9. The molecule has 2 saturated heterocycles. The summed E-state index contributed by atoms with van der Waals surface area (Å²) in [5.74, 6) is -0.235. The Labute approximate surface area is 512 Å². The summed E-state index contributed by atoms with van der Waals surface area (Å²) in [5.41, 5.74) is 0. The van der Waals surface area contributed by atoms with Gasteiger partial charge in [-0.15, -0.1) is 0 Å². The van der Waals surface area contributed by atoms with Crippen LogP contribution >= 0.6 is 0 Å². The van der Waals surface area contributed by atoms with Crippen molar-refractivity contribution in [1.82, 2.24) is 5.32 Å². The Morgan fingerprint density at radius 2 is 0.786 bits per heavy atom. The maximum Gasteiger partial charge on any atom is 0.220 e. The van der Waals surface area contributed by atoms with Gasteiger partial charge in [-0.05, 0) is 51.4 Å². The van der Waals surface area contributed by atoms with E-state index in [-0.39, 0.29) is 18.9 Å². The average molecular weight is 1190 g/mol. The van der Waals surface area contributed by atoms with Gasteiger partial charge in [-0.25, -0.2) is 0 Å². The van der Waals surface area contributed by atoms with Gasteiger partial charge in [0.05, 0.1) is 32.0 Å². The Morgan fingerprint density at radius 1 is 0.429 bits per heavy atom. The van der Waals surface area contributed by atoms with Crippen LogP contribution in [-0.2, 0) is 23.7 Å². The topological polar surface area (TPSA) is 228 Å². The number of unbranched alkanes of at least 4 members (excludes halogenated alkanes) is 41. The maximum atomic E-state index is 13.3. The van der Waals surface area contributed by atoms with E-state index in [2.05, 4.69) is 43.5 Å². The molecule has 0 bridgehead atoms. The maximum absolute atomic E-state index is 13.3. The van der Waals surface area contributed by atoms with E-state index in [4.69, 9.17) is 18.9 Å². The van der Waals surface area contributed by atoms with Gasteiger partial charge in [0.1, 0.15) is 48.8 Å². The molecule has 0 saturated carbocycles. The Morgan fingerprint density at radius 3 is 1.19 bits per heavy atom. The minimum Gasteiger partial charge on any atom is -0.394 e. The van der Waals surface area contributed by atoms with Crippen LogP contribution in [0.5, 0.6) is 0 Å². The Bertz CT molecular complexity index is 1550. The molecule has 9 N–H and O–H groups in total. The lowest BCUT2D eigenvalue weighted by Gasteiger charge is -2.46. The van der Waals surface area contributed by atoms with Gasteiger partial charge in [-0.3, -0.25) is 4.79 Å². The summed E-state index contributed by atoms with van der Waals surface area (Å²) < 4.78 is 22.9. The summed E-state index contributed by atoms with van der Waals surface area (Å²) in [5, 5.41) is 87.4. The number of hydrogen-bond acceptors (Lipinski definition) is 13. The van der Waals surface area contributed by atoms with Crippen molar-refractivity contribution in [2.24, 2.45) is 0 Å². The fourth-order valence-electron chi connectivity index (χ4n) is 11.7. The van der Waals surface area contributed by atoms with Crippen LogP contribution in [0.4, 0.5) is 0 Å². The highest BCUT2D eigenvalue weighted by molar-refractivity contribution is 5.76. The van der Waals surface area contributed by atoms with Crippen molar-refractivity contribution in [2.45, 2.75) is 383 Å². The van der Waals surface area contributed by atoms with Crippen molar-refractivity contribution in [1.29, 1.82) is 0 Å². The first-order chi connectivity index (χ1) is 41.1. The van der Waals surface area contributed by atoms with Crippen LogP contribution in [0.2, 0.25) is 0 Å². The van der Waals surface area contributed by atoms with Crippen molar-refractivity contribution < 1.29 is 64.6 Å². The second-order valence-electron chi connectivity index (χ2n) is 25.0. The van der Waals surface area contributed by atoms with E-state index in [1.165, 1.54) is 238 Å². The number of ether oxygens (including phenoxy) is 4. The molecule has 2 fully saturated rings. The van der Waals surface area contributed by atoms with Gasteiger partial charge in [0.15, 0.2) is 12.6 Å². The fourth-order valence-corrected chi connectivity index (χ4v) is 11.7. The standard InChI is InChI=1S/C70H131NO13/c1-3-5-7-9-11-13-15-17-19-21-23-25-27-28-29-30-32-34-36-38-40-42-44-46-48-50-52-54-62(75)71-58(57-81-69-67(80)65(78)68(61(56-73)83-69)84-70-66(79)64(77)63(76)60(55-72)82-70)59(74)53-51-49-47-45-43-41-39-37-35-33-31-26-24-22-20-18-16-14-12-10-8-6-4-2/h15,17,21,23,51,53,58-61,63-70,72-74,76-80H,3-14,16,18-20,22,24-50,52,54-57H2,1-2H3,(H,71,75)/b17-15-,23-21-,53-51+. The van der Waals surface area contributed by atoms with Gasteiger partial charge in [0.2, 0.25) is 5.91 Å². The average Bonchev–Trinajstić information content (AvgIpc) is 3.62. The summed E-state index contributed by atoms with van der Waals surface area (Å²) in [7, 11) is 0. The first kappa shape index (κ1) is 78.3. The summed E-state index contributed by atoms with van der Waals surface area (Å²) in [6.07, 6.45) is 53.3. The van der Waals surface area contributed by atoms with Crippen LogP contribution in [0.1, 0.15) is 309 Å². The lowest BCUT2D eigenvalue weighted by molar-refractivity contribution is -0.359. The van der Waals surface area contributed by atoms with Crippen LogP contribution < -0.4 is 5.32 Å². The van der Waals surface area contributed by atoms with Crippen LogP contribution in [0.15, 0.2) is 36.5 Å². The van der Waals surface area contributed by atoms with Gasteiger partial charge in [-0.2, -0.15) is 0 Å². The third-order valence-corrected chi connectivity index (χ3v) is 17.3. The Balaban J connectivity index is 1.68. The van der Waals surface area contributed by atoms with Crippen molar-refractivity contribution in [3.05, 3.63) is 36.5 Å². The van der Waals surface area contributed by atoms with E-state index in [0.717, 1.165) is 44.9 Å². The molecule has 0 aromatic rings. The van der Waals surface area contributed by atoms with Gasteiger partial charge in [0, 0.05) is 6.42 Å². The molecular weight excluding hydrogens is 1060 g/mol. The third-order valence-electron chi connectivity index (χ3n) is 17.3. The SMILES string of the molecule is CCCCCCC/C=C\C/C=C\CCCCCCCCCCCCCCCCCC(=O)NC(COC1OC(CO)C(OC2OC(CO)C(O)C(O)C2O)C(O)C1O)C(O)/C=C/CCCCCCCCCCCCCCCCCCCCCCC. The molecule has 494 valence electrons. The highest BCUT2D eigenvalue weighted by atomic mass is 16.7. The molecule has 84 heavy (non-hydrogen) atoms. The number of carbonyl (C=O) groups excluding carboxylic acids is 1. The fraction of sp³-hybridized carbons (Fsp3) is 0.900. The van der Waals surface area contributed by atoms with Crippen molar-refractivity contribution in [3.8, 4) is 0 Å². The number of allylic oxidation sites excluding steroid dienone is 5. The number of aliphatic hydroxyl groups is 8. The van der Waals surface area contributed by atoms with Gasteiger partial charge < -0.3 is 65.1 Å². The van der Waals surface area contributed by atoms with Crippen molar-refractivity contribution >= 4 is 5.91 Å². The summed E-state index contributed by atoms with van der Waals surface area (Å²) in [6.45, 7) is 2.83. The molecule has 14 nitrogen and oxygen atoms in total. The number of carbonyl (C=O) groups is 1. The monoisotopic (exact) mass is 1190 g/mol. The highest BCUT2D eigenvalue weighted by Gasteiger charge is 2.51. The largest absolute Gasteiger partial charge is 0.394 e. The quantitative estimate of drug-likeness (QED) is 0.0204. The second-order valence-corrected chi connectivity index (χ2v) is 25.0. The minimum absolute atomic E-state index is 0.235.